The summed E-state index contributed by atoms with van der Waals surface area (Å²) in [5.74, 6) is 0.650. The van der Waals surface area contributed by atoms with Crippen molar-refractivity contribution in [3.05, 3.63) is 29.0 Å². The van der Waals surface area contributed by atoms with Crippen LogP contribution in [-0.4, -0.2) is 12.0 Å². The number of pyridine rings is 1. The molecular formula is C11H17ClN2. The van der Waals surface area contributed by atoms with Crippen molar-refractivity contribution in [2.45, 2.75) is 26.3 Å². The van der Waals surface area contributed by atoms with Crippen LogP contribution >= 0.6 is 11.6 Å². The lowest BCUT2D eigenvalue weighted by Crippen LogP contribution is -2.18. The van der Waals surface area contributed by atoms with E-state index in [-0.39, 0.29) is 0 Å². The molecule has 0 saturated heterocycles. The minimum atomic E-state index is 0.325. The van der Waals surface area contributed by atoms with Crippen molar-refractivity contribution in [2.75, 3.05) is 7.05 Å². The molecule has 0 bridgehead atoms. The van der Waals surface area contributed by atoms with E-state index < -0.39 is 0 Å². The first kappa shape index (κ1) is 11.5. The second kappa shape index (κ2) is 5.32. The highest BCUT2D eigenvalue weighted by Gasteiger charge is 2.13. The standard InChI is InChI=1S/C11H17ClN2/c1-8(2)6-11(13-3)9-4-5-14-7-10(9)12/h4-5,7-8,11,13H,6H2,1-3H3. The minimum absolute atomic E-state index is 0.325. The Kier molecular flexibility index (Phi) is 4.36. The number of nitrogens with zero attached hydrogens (tertiary/aromatic N) is 1. The quantitative estimate of drug-likeness (QED) is 0.830. The van der Waals surface area contributed by atoms with E-state index in [0.717, 1.165) is 17.0 Å². The number of rotatable bonds is 4. The molecule has 0 aromatic carbocycles. The molecule has 0 radical (unpaired) electrons. The van der Waals surface area contributed by atoms with Gasteiger partial charge in [-0.2, -0.15) is 0 Å². The number of halogens is 1. The molecule has 14 heavy (non-hydrogen) atoms. The Labute approximate surface area is 90.7 Å². The zero-order valence-electron chi connectivity index (χ0n) is 8.92. The molecule has 3 heteroatoms. The zero-order chi connectivity index (χ0) is 10.6. The molecule has 0 fully saturated rings. The molecule has 78 valence electrons. The lowest BCUT2D eigenvalue weighted by Gasteiger charge is -2.19. The largest absolute Gasteiger partial charge is 0.313 e. The molecule has 1 aromatic heterocycles. The summed E-state index contributed by atoms with van der Waals surface area (Å²) in [4.78, 5) is 3.98. The van der Waals surface area contributed by atoms with Gasteiger partial charge in [0.2, 0.25) is 0 Å². The van der Waals surface area contributed by atoms with E-state index in [4.69, 9.17) is 11.6 Å². The Bertz CT molecular complexity index is 286. The van der Waals surface area contributed by atoms with E-state index in [9.17, 15) is 0 Å². The molecule has 0 aliphatic heterocycles. The number of hydrogen-bond acceptors (Lipinski definition) is 2. The normalized spacial score (nSPS) is 13.2. The summed E-state index contributed by atoms with van der Waals surface area (Å²) >= 11 is 6.08. The Morgan fingerprint density at radius 2 is 2.21 bits per heavy atom. The zero-order valence-corrected chi connectivity index (χ0v) is 9.67. The van der Waals surface area contributed by atoms with E-state index in [1.807, 2.05) is 13.1 Å². The average Bonchev–Trinajstić information content (AvgIpc) is 2.15. The van der Waals surface area contributed by atoms with Crippen molar-refractivity contribution in [1.82, 2.24) is 10.3 Å². The van der Waals surface area contributed by atoms with Gasteiger partial charge in [-0.3, -0.25) is 4.98 Å². The van der Waals surface area contributed by atoms with Crippen LogP contribution in [0.25, 0.3) is 0 Å². The second-order valence-electron chi connectivity index (χ2n) is 3.87. The van der Waals surface area contributed by atoms with Crippen molar-refractivity contribution in [2.24, 2.45) is 5.92 Å². The lowest BCUT2D eigenvalue weighted by atomic mass is 9.98. The van der Waals surface area contributed by atoms with Gasteiger partial charge in [0.15, 0.2) is 0 Å². The summed E-state index contributed by atoms with van der Waals surface area (Å²) in [7, 11) is 1.96. The van der Waals surface area contributed by atoms with Crippen LogP contribution in [0.4, 0.5) is 0 Å². The van der Waals surface area contributed by atoms with Gasteiger partial charge in [-0.1, -0.05) is 25.4 Å². The van der Waals surface area contributed by atoms with Gasteiger partial charge in [-0.15, -0.1) is 0 Å². The van der Waals surface area contributed by atoms with Crippen molar-refractivity contribution < 1.29 is 0 Å². The summed E-state index contributed by atoms with van der Waals surface area (Å²) in [6, 6.07) is 2.30. The predicted molar refractivity (Wildman–Crippen MR) is 60.5 cm³/mol. The third kappa shape index (κ3) is 2.96. The topological polar surface area (TPSA) is 24.9 Å². The number of hydrogen-bond donors (Lipinski definition) is 1. The van der Waals surface area contributed by atoms with Gasteiger partial charge in [0.1, 0.15) is 0 Å². The molecule has 1 aromatic rings. The highest BCUT2D eigenvalue weighted by atomic mass is 35.5. The van der Waals surface area contributed by atoms with Crippen LogP contribution in [0.2, 0.25) is 5.02 Å². The van der Waals surface area contributed by atoms with Gasteiger partial charge in [-0.05, 0) is 31.0 Å². The Hall–Kier alpha value is -0.600. The van der Waals surface area contributed by atoms with Crippen LogP contribution in [0.1, 0.15) is 31.9 Å². The molecule has 1 heterocycles. The third-order valence-electron chi connectivity index (χ3n) is 2.23. The van der Waals surface area contributed by atoms with Gasteiger partial charge >= 0.3 is 0 Å². The Morgan fingerprint density at radius 3 is 2.71 bits per heavy atom. The first-order valence-electron chi connectivity index (χ1n) is 4.91. The van der Waals surface area contributed by atoms with Crippen LogP contribution in [0, 0.1) is 5.92 Å². The van der Waals surface area contributed by atoms with Crippen LogP contribution in [-0.2, 0) is 0 Å². The maximum atomic E-state index is 6.08. The Morgan fingerprint density at radius 1 is 1.50 bits per heavy atom. The van der Waals surface area contributed by atoms with E-state index in [0.29, 0.717) is 12.0 Å². The first-order chi connectivity index (χ1) is 6.65. The SMILES string of the molecule is CNC(CC(C)C)c1ccncc1Cl. The van der Waals surface area contributed by atoms with Crippen molar-refractivity contribution in [3.63, 3.8) is 0 Å². The maximum absolute atomic E-state index is 6.08. The summed E-state index contributed by atoms with van der Waals surface area (Å²) in [6.45, 7) is 4.42. The van der Waals surface area contributed by atoms with Gasteiger partial charge in [0.05, 0.1) is 5.02 Å². The molecule has 1 atom stereocenters. The van der Waals surface area contributed by atoms with E-state index in [2.05, 4.69) is 24.1 Å². The van der Waals surface area contributed by atoms with Crippen molar-refractivity contribution in [3.8, 4) is 0 Å². The maximum Gasteiger partial charge on any atom is 0.0637 e. The molecule has 0 amide bonds. The lowest BCUT2D eigenvalue weighted by molar-refractivity contribution is 0.456. The van der Waals surface area contributed by atoms with E-state index >= 15 is 0 Å². The highest BCUT2D eigenvalue weighted by molar-refractivity contribution is 6.31. The number of aromatic nitrogens is 1. The smallest absolute Gasteiger partial charge is 0.0637 e. The molecule has 1 unspecified atom stereocenters. The number of nitrogens with one attached hydrogen (secondary N) is 1. The van der Waals surface area contributed by atoms with Crippen LogP contribution < -0.4 is 5.32 Å². The fourth-order valence-corrected chi connectivity index (χ4v) is 1.79. The van der Waals surface area contributed by atoms with E-state index in [1.54, 1.807) is 12.4 Å². The third-order valence-corrected chi connectivity index (χ3v) is 2.55. The molecule has 2 nitrogen and oxygen atoms in total. The van der Waals surface area contributed by atoms with Gasteiger partial charge in [0.25, 0.3) is 0 Å². The molecule has 0 saturated carbocycles. The van der Waals surface area contributed by atoms with Gasteiger partial charge in [0, 0.05) is 18.4 Å². The monoisotopic (exact) mass is 212 g/mol. The minimum Gasteiger partial charge on any atom is -0.313 e. The molecule has 1 rings (SSSR count). The fourth-order valence-electron chi connectivity index (χ4n) is 1.54. The predicted octanol–water partition coefficient (Wildman–Crippen LogP) is 3.04. The van der Waals surface area contributed by atoms with Gasteiger partial charge < -0.3 is 5.32 Å². The Balaban J connectivity index is 2.83. The molecule has 0 spiro atoms. The molecule has 0 aliphatic carbocycles. The highest BCUT2D eigenvalue weighted by Crippen LogP contribution is 2.26. The second-order valence-corrected chi connectivity index (χ2v) is 4.28. The summed E-state index contributed by atoms with van der Waals surface area (Å²) in [5, 5.41) is 4.02. The average molecular weight is 213 g/mol. The molecule has 1 N–H and O–H groups in total. The molecular weight excluding hydrogens is 196 g/mol. The van der Waals surface area contributed by atoms with E-state index in [1.165, 1.54) is 0 Å². The van der Waals surface area contributed by atoms with Crippen LogP contribution in [0.15, 0.2) is 18.5 Å². The van der Waals surface area contributed by atoms with Crippen molar-refractivity contribution >= 4 is 11.6 Å². The summed E-state index contributed by atoms with van der Waals surface area (Å²) < 4.78 is 0. The molecule has 0 aliphatic rings. The van der Waals surface area contributed by atoms with Crippen LogP contribution in [0.5, 0.6) is 0 Å². The van der Waals surface area contributed by atoms with Gasteiger partial charge in [-0.25, -0.2) is 0 Å². The van der Waals surface area contributed by atoms with Crippen molar-refractivity contribution in [1.29, 1.82) is 0 Å². The fraction of sp³-hybridized carbons (Fsp3) is 0.545. The van der Waals surface area contributed by atoms with Crippen LogP contribution in [0.3, 0.4) is 0 Å². The summed E-state index contributed by atoms with van der Waals surface area (Å²) in [6.07, 6.45) is 4.56. The first-order valence-corrected chi connectivity index (χ1v) is 5.29. The summed E-state index contributed by atoms with van der Waals surface area (Å²) in [5.41, 5.74) is 1.14.